The lowest BCUT2D eigenvalue weighted by atomic mass is 9.97. The summed E-state index contributed by atoms with van der Waals surface area (Å²) < 4.78 is 5.60. The van der Waals surface area contributed by atoms with Gasteiger partial charge >= 0.3 is 5.97 Å². The van der Waals surface area contributed by atoms with Crippen LogP contribution in [0.1, 0.15) is 42.1 Å². The number of hydrogen-bond acceptors (Lipinski definition) is 5. The Bertz CT molecular complexity index is 892. The van der Waals surface area contributed by atoms with E-state index in [0.29, 0.717) is 11.4 Å². The molecule has 2 aromatic rings. The molecular formula is C21H22N2O5. The lowest BCUT2D eigenvalue weighted by Gasteiger charge is -2.18. The highest BCUT2D eigenvalue weighted by Crippen LogP contribution is 2.31. The Balaban J connectivity index is 1.69. The highest BCUT2D eigenvalue weighted by Gasteiger charge is 2.39. The minimum absolute atomic E-state index is 0.0517. The topological polar surface area (TPSA) is 95.9 Å². The smallest absolute Gasteiger partial charge is 0.337 e. The first-order valence-electron chi connectivity index (χ1n) is 9.04. The summed E-state index contributed by atoms with van der Waals surface area (Å²) in [6, 6.07) is 13.5. The third-order valence-corrected chi connectivity index (χ3v) is 4.48. The minimum atomic E-state index is -1.08. The zero-order valence-electron chi connectivity index (χ0n) is 15.7. The Morgan fingerprint density at radius 1 is 1.18 bits per heavy atom. The largest absolute Gasteiger partial charge is 0.491 e. The number of ether oxygens (including phenoxy) is 1. The number of para-hydroxylation sites is 1. The second-order valence-corrected chi connectivity index (χ2v) is 6.84. The standard InChI is InChI=1S/C21H22N2O5/c1-13(2)28-15-9-7-14(8-10-15)17-11-19(24)23(20(17)25)12-22-18-6-4-3-5-16(18)21(26)27/h3-10,13,17,22H,11-12H2,1-2H3,(H,26,27). The van der Waals surface area contributed by atoms with E-state index in [0.717, 1.165) is 10.5 Å². The predicted octanol–water partition coefficient (Wildman–Crippen LogP) is 3.08. The van der Waals surface area contributed by atoms with E-state index in [9.17, 15) is 19.5 Å². The van der Waals surface area contributed by atoms with Crippen LogP contribution in [-0.2, 0) is 9.59 Å². The maximum Gasteiger partial charge on any atom is 0.337 e. The molecule has 2 amide bonds. The molecule has 0 bridgehead atoms. The number of rotatable bonds is 7. The van der Waals surface area contributed by atoms with Gasteiger partial charge in [-0.15, -0.1) is 0 Å². The summed E-state index contributed by atoms with van der Waals surface area (Å²) in [6.07, 6.45) is 0.140. The van der Waals surface area contributed by atoms with Crippen LogP contribution in [0, 0.1) is 0 Å². The van der Waals surface area contributed by atoms with Crippen molar-refractivity contribution in [2.24, 2.45) is 0 Å². The quantitative estimate of drug-likeness (QED) is 0.715. The monoisotopic (exact) mass is 382 g/mol. The molecule has 1 unspecified atom stereocenters. The predicted molar refractivity (Wildman–Crippen MR) is 103 cm³/mol. The van der Waals surface area contributed by atoms with Crippen LogP contribution in [0.25, 0.3) is 0 Å². The maximum atomic E-state index is 12.7. The van der Waals surface area contributed by atoms with Gasteiger partial charge in [-0.25, -0.2) is 4.79 Å². The summed E-state index contributed by atoms with van der Waals surface area (Å²) in [5.74, 6) is -1.51. The van der Waals surface area contributed by atoms with Crippen LogP contribution < -0.4 is 10.1 Å². The number of carboxylic acid groups (broad SMARTS) is 1. The number of amides is 2. The summed E-state index contributed by atoms with van der Waals surface area (Å²) in [5, 5.41) is 12.1. The van der Waals surface area contributed by atoms with E-state index < -0.39 is 11.9 Å². The molecule has 1 atom stereocenters. The van der Waals surface area contributed by atoms with Crippen molar-refractivity contribution in [3.63, 3.8) is 0 Å². The molecule has 2 N–H and O–H groups in total. The van der Waals surface area contributed by atoms with Crippen LogP contribution in [-0.4, -0.2) is 40.6 Å². The molecule has 0 spiro atoms. The van der Waals surface area contributed by atoms with E-state index in [-0.39, 0.29) is 36.6 Å². The molecule has 2 aromatic carbocycles. The molecule has 1 heterocycles. The van der Waals surface area contributed by atoms with Gasteiger partial charge in [0.25, 0.3) is 0 Å². The Kier molecular flexibility index (Phi) is 5.63. The van der Waals surface area contributed by atoms with Gasteiger partial charge in [0.1, 0.15) is 5.75 Å². The number of likely N-dealkylation sites (tertiary alicyclic amines) is 1. The normalized spacial score (nSPS) is 16.5. The number of carbonyl (C=O) groups excluding carboxylic acids is 2. The van der Waals surface area contributed by atoms with E-state index in [1.165, 1.54) is 6.07 Å². The van der Waals surface area contributed by atoms with Gasteiger partial charge in [0.05, 0.1) is 29.9 Å². The van der Waals surface area contributed by atoms with Gasteiger partial charge in [-0.1, -0.05) is 24.3 Å². The highest BCUT2D eigenvalue weighted by molar-refractivity contribution is 6.06. The van der Waals surface area contributed by atoms with E-state index in [1.807, 2.05) is 13.8 Å². The summed E-state index contributed by atoms with van der Waals surface area (Å²) in [4.78, 5) is 37.5. The lowest BCUT2D eigenvalue weighted by molar-refractivity contribution is -0.138. The number of carboxylic acids is 1. The van der Waals surface area contributed by atoms with Crippen molar-refractivity contribution in [2.45, 2.75) is 32.3 Å². The second kappa shape index (κ2) is 8.12. The van der Waals surface area contributed by atoms with E-state index in [2.05, 4.69) is 5.32 Å². The first-order valence-corrected chi connectivity index (χ1v) is 9.04. The zero-order valence-corrected chi connectivity index (χ0v) is 15.7. The molecule has 0 aromatic heterocycles. The minimum Gasteiger partial charge on any atom is -0.491 e. The number of nitrogens with zero attached hydrogens (tertiary/aromatic N) is 1. The summed E-state index contributed by atoms with van der Waals surface area (Å²) in [5.41, 5.74) is 1.19. The first-order chi connectivity index (χ1) is 13.4. The average molecular weight is 382 g/mol. The highest BCUT2D eigenvalue weighted by atomic mass is 16.5. The van der Waals surface area contributed by atoms with Crippen molar-refractivity contribution in [3.05, 3.63) is 59.7 Å². The Morgan fingerprint density at radius 3 is 2.50 bits per heavy atom. The fourth-order valence-corrected chi connectivity index (χ4v) is 3.15. The van der Waals surface area contributed by atoms with Gasteiger partial charge in [-0.05, 0) is 43.7 Å². The summed E-state index contributed by atoms with van der Waals surface area (Å²) >= 11 is 0. The molecule has 28 heavy (non-hydrogen) atoms. The number of aromatic carboxylic acids is 1. The van der Waals surface area contributed by atoms with Gasteiger partial charge < -0.3 is 15.2 Å². The van der Waals surface area contributed by atoms with E-state index in [1.54, 1.807) is 42.5 Å². The van der Waals surface area contributed by atoms with Crippen LogP contribution in [0.2, 0.25) is 0 Å². The van der Waals surface area contributed by atoms with Crippen LogP contribution in [0.4, 0.5) is 5.69 Å². The molecule has 1 aliphatic heterocycles. The molecule has 1 fully saturated rings. The molecule has 0 radical (unpaired) electrons. The molecule has 146 valence electrons. The van der Waals surface area contributed by atoms with Crippen molar-refractivity contribution in [3.8, 4) is 5.75 Å². The Hall–Kier alpha value is -3.35. The van der Waals surface area contributed by atoms with Gasteiger partial charge in [-0.3, -0.25) is 14.5 Å². The third kappa shape index (κ3) is 4.14. The molecule has 0 saturated carbocycles. The maximum absolute atomic E-state index is 12.7. The van der Waals surface area contributed by atoms with Crippen LogP contribution >= 0.6 is 0 Å². The molecule has 1 saturated heterocycles. The molecule has 3 rings (SSSR count). The molecular weight excluding hydrogens is 360 g/mol. The van der Waals surface area contributed by atoms with Crippen molar-refractivity contribution in [2.75, 3.05) is 12.0 Å². The van der Waals surface area contributed by atoms with Crippen molar-refractivity contribution in [1.82, 2.24) is 4.90 Å². The number of anilines is 1. The van der Waals surface area contributed by atoms with Crippen LogP contribution in [0.5, 0.6) is 5.75 Å². The number of hydrogen-bond donors (Lipinski definition) is 2. The fourth-order valence-electron chi connectivity index (χ4n) is 3.15. The first kappa shape index (κ1) is 19.4. The molecule has 7 heteroatoms. The molecule has 7 nitrogen and oxygen atoms in total. The van der Waals surface area contributed by atoms with E-state index >= 15 is 0 Å². The third-order valence-electron chi connectivity index (χ3n) is 4.48. The molecule has 1 aliphatic rings. The summed E-state index contributed by atoms with van der Waals surface area (Å²) in [6.45, 7) is 3.79. The fraction of sp³-hybridized carbons (Fsp3) is 0.286. The van der Waals surface area contributed by atoms with Gasteiger partial charge in [0.2, 0.25) is 11.8 Å². The number of carbonyl (C=O) groups is 3. The summed E-state index contributed by atoms with van der Waals surface area (Å²) in [7, 11) is 0. The van der Waals surface area contributed by atoms with Gasteiger partial charge in [0, 0.05) is 6.42 Å². The second-order valence-electron chi connectivity index (χ2n) is 6.84. The van der Waals surface area contributed by atoms with Gasteiger partial charge in [0.15, 0.2) is 0 Å². The Morgan fingerprint density at radius 2 is 1.86 bits per heavy atom. The Labute approximate surface area is 162 Å². The van der Waals surface area contributed by atoms with Crippen LogP contribution in [0.3, 0.4) is 0 Å². The SMILES string of the molecule is CC(C)Oc1ccc(C2CC(=O)N(CNc3ccccc3C(=O)O)C2=O)cc1. The van der Waals surface area contributed by atoms with Gasteiger partial charge in [-0.2, -0.15) is 0 Å². The van der Waals surface area contributed by atoms with E-state index in [4.69, 9.17) is 4.74 Å². The van der Waals surface area contributed by atoms with Crippen LogP contribution in [0.15, 0.2) is 48.5 Å². The average Bonchev–Trinajstić information content (AvgIpc) is 2.94. The molecule has 0 aliphatic carbocycles. The van der Waals surface area contributed by atoms with Crippen molar-refractivity contribution >= 4 is 23.5 Å². The number of nitrogens with one attached hydrogen (secondary N) is 1. The number of benzene rings is 2. The zero-order chi connectivity index (χ0) is 20.3. The lowest BCUT2D eigenvalue weighted by Crippen LogP contribution is -2.35. The number of imide groups is 1. The van der Waals surface area contributed by atoms with Crippen molar-refractivity contribution in [1.29, 1.82) is 0 Å². The van der Waals surface area contributed by atoms with Crippen molar-refractivity contribution < 1.29 is 24.2 Å².